The summed E-state index contributed by atoms with van der Waals surface area (Å²) in [6.07, 6.45) is 6.35. The third-order valence-corrected chi connectivity index (χ3v) is 2.81. The van der Waals surface area contributed by atoms with Crippen LogP contribution in [0, 0.1) is 5.92 Å². The largest absolute Gasteiger partial charge is 0.359 e. The van der Waals surface area contributed by atoms with Gasteiger partial charge < -0.3 is 4.74 Å². The number of nitrogens with one attached hydrogen (secondary N) is 1. The molecule has 2 fully saturated rings. The lowest BCUT2D eigenvalue weighted by atomic mass is 10.1. The van der Waals surface area contributed by atoms with Crippen LogP contribution in [0.5, 0.6) is 0 Å². The molecule has 0 aromatic rings. The van der Waals surface area contributed by atoms with Crippen molar-refractivity contribution in [3.63, 3.8) is 0 Å². The minimum Gasteiger partial charge on any atom is -0.359 e. The Labute approximate surface area is 68.3 Å². The van der Waals surface area contributed by atoms with E-state index in [4.69, 9.17) is 4.74 Å². The Bertz CT molecular complexity index is 132. The molecule has 1 heterocycles. The summed E-state index contributed by atoms with van der Waals surface area (Å²) in [4.78, 5) is 0. The molecule has 2 heteroatoms. The van der Waals surface area contributed by atoms with Crippen molar-refractivity contribution in [2.45, 2.75) is 44.9 Å². The Morgan fingerprint density at radius 3 is 2.55 bits per heavy atom. The number of hydrogen-bond acceptors (Lipinski definition) is 2. The Kier molecular flexibility index (Phi) is 2.14. The van der Waals surface area contributed by atoms with Gasteiger partial charge in [0.1, 0.15) is 6.23 Å². The number of rotatable bonds is 1. The first-order chi connectivity index (χ1) is 5.36. The van der Waals surface area contributed by atoms with Crippen LogP contribution in [0.1, 0.15) is 32.6 Å². The lowest BCUT2D eigenvalue weighted by molar-refractivity contribution is 0.0146. The van der Waals surface area contributed by atoms with Crippen molar-refractivity contribution in [3.05, 3.63) is 0 Å². The molecular weight excluding hydrogens is 138 g/mol. The Hall–Kier alpha value is -0.0800. The van der Waals surface area contributed by atoms with E-state index >= 15 is 0 Å². The highest BCUT2D eigenvalue weighted by atomic mass is 16.5. The molecule has 1 aliphatic carbocycles. The summed E-state index contributed by atoms with van der Waals surface area (Å²) in [6, 6.07) is 0. The first-order valence-electron chi connectivity index (χ1n) is 4.75. The van der Waals surface area contributed by atoms with Gasteiger partial charge in [0.15, 0.2) is 0 Å². The molecule has 0 amide bonds. The summed E-state index contributed by atoms with van der Waals surface area (Å²) in [7, 11) is 0. The summed E-state index contributed by atoms with van der Waals surface area (Å²) >= 11 is 0. The van der Waals surface area contributed by atoms with E-state index in [9.17, 15) is 0 Å². The number of hydrogen-bond donors (Lipinski definition) is 1. The molecule has 0 bridgehead atoms. The summed E-state index contributed by atoms with van der Waals surface area (Å²) in [5, 5.41) is 3.43. The van der Waals surface area contributed by atoms with Gasteiger partial charge in [-0.2, -0.15) is 0 Å². The lowest BCUT2D eigenvalue weighted by Crippen LogP contribution is -2.29. The van der Waals surface area contributed by atoms with E-state index in [0.717, 1.165) is 12.5 Å². The van der Waals surface area contributed by atoms with Crippen molar-refractivity contribution in [2.24, 2.45) is 5.92 Å². The Morgan fingerprint density at radius 1 is 1.27 bits per heavy atom. The molecule has 1 saturated heterocycles. The summed E-state index contributed by atoms with van der Waals surface area (Å²) < 4.78 is 5.73. The van der Waals surface area contributed by atoms with Crippen molar-refractivity contribution in [1.29, 1.82) is 0 Å². The first-order valence-corrected chi connectivity index (χ1v) is 4.75. The zero-order chi connectivity index (χ0) is 7.68. The molecule has 1 saturated carbocycles. The maximum atomic E-state index is 5.73. The molecule has 2 rings (SSSR count). The SMILES string of the molecule is CC1CNC(C2CCCC2)O1. The van der Waals surface area contributed by atoms with Crippen LogP contribution in [0.2, 0.25) is 0 Å². The van der Waals surface area contributed by atoms with Crippen LogP contribution >= 0.6 is 0 Å². The summed E-state index contributed by atoms with van der Waals surface area (Å²) in [5.74, 6) is 0.806. The fourth-order valence-corrected chi connectivity index (χ4v) is 2.17. The minimum atomic E-state index is 0.382. The van der Waals surface area contributed by atoms with Gasteiger partial charge in [-0.05, 0) is 25.7 Å². The van der Waals surface area contributed by atoms with Crippen LogP contribution in [-0.2, 0) is 4.74 Å². The van der Waals surface area contributed by atoms with Gasteiger partial charge in [0.2, 0.25) is 0 Å². The van der Waals surface area contributed by atoms with E-state index in [2.05, 4.69) is 12.2 Å². The Morgan fingerprint density at radius 2 is 2.00 bits per heavy atom. The molecule has 11 heavy (non-hydrogen) atoms. The molecule has 2 aliphatic rings. The predicted octanol–water partition coefficient (Wildman–Crippen LogP) is 1.51. The third-order valence-electron chi connectivity index (χ3n) is 2.81. The molecule has 1 N–H and O–H groups in total. The standard InChI is InChI=1S/C9H17NO/c1-7-6-10-9(11-7)8-4-2-3-5-8/h7-10H,2-6H2,1H3. The van der Waals surface area contributed by atoms with Crippen LogP contribution < -0.4 is 5.32 Å². The van der Waals surface area contributed by atoms with Gasteiger partial charge in [-0.15, -0.1) is 0 Å². The van der Waals surface area contributed by atoms with Crippen molar-refractivity contribution >= 4 is 0 Å². The molecular formula is C9H17NO. The molecule has 0 aromatic heterocycles. The van der Waals surface area contributed by atoms with Crippen LogP contribution in [-0.4, -0.2) is 18.9 Å². The average Bonchev–Trinajstić information content (AvgIpc) is 2.55. The van der Waals surface area contributed by atoms with Crippen LogP contribution in [0.25, 0.3) is 0 Å². The predicted molar refractivity (Wildman–Crippen MR) is 44.3 cm³/mol. The maximum absolute atomic E-state index is 5.73. The van der Waals surface area contributed by atoms with Crippen molar-refractivity contribution < 1.29 is 4.74 Å². The van der Waals surface area contributed by atoms with E-state index in [-0.39, 0.29) is 0 Å². The van der Waals surface area contributed by atoms with Gasteiger partial charge in [-0.1, -0.05) is 12.8 Å². The zero-order valence-electron chi connectivity index (χ0n) is 7.18. The van der Waals surface area contributed by atoms with Gasteiger partial charge in [-0.3, -0.25) is 5.32 Å². The molecule has 2 unspecified atom stereocenters. The van der Waals surface area contributed by atoms with Crippen molar-refractivity contribution in [2.75, 3.05) is 6.54 Å². The highest BCUT2D eigenvalue weighted by Gasteiger charge is 2.30. The second-order valence-corrected chi connectivity index (χ2v) is 3.82. The second kappa shape index (κ2) is 3.11. The fourth-order valence-electron chi connectivity index (χ4n) is 2.17. The smallest absolute Gasteiger partial charge is 0.111 e. The fraction of sp³-hybridized carbons (Fsp3) is 1.00. The topological polar surface area (TPSA) is 21.3 Å². The van der Waals surface area contributed by atoms with Gasteiger partial charge >= 0.3 is 0 Å². The molecule has 64 valence electrons. The second-order valence-electron chi connectivity index (χ2n) is 3.82. The third kappa shape index (κ3) is 1.57. The van der Waals surface area contributed by atoms with Gasteiger partial charge in [0.05, 0.1) is 6.10 Å². The molecule has 2 nitrogen and oxygen atoms in total. The van der Waals surface area contributed by atoms with E-state index in [0.29, 0.717) is 12.3 Å². The van der Waals surface area contributed by atoms with E-state index in [1.54, 1.807) is 0 Å². The zero-order valence-corrected chi connectivity index (χ0v) is 7.18. The van der Waals surface area contributed by atoms with Gasteiger partial charge in [0, 0.05) is 6.54 Å². The van der Waals surface area contributed by atoms with E-state index < -0.39 is 0 Å². The highest BCUT2D eigenvalue weighted by molar-refractivity contribution is 4.79. The number of ether oxygens (including phenoxy) is 1. The molecule has 1 aliphatic heterocycles. The molecule has 0 aromatic carbocycles. The van der Waals surface area contributed by atoms with Gasteiger partial charge in [0.25, 0.3) is 0 Å². The van der Waals surface area contributed by atoms with Crippen molar-refractivity contribution in [3.8, 4) is 0 Å². The van der Waals surface area contributed by atoms with Crippen LogP contribution in [0.15, 0.2) is 0 Å². The monoisotopic (exact) mass is 155 g/mol. The highest BCUT2D eigenvalue weighted by Crippen LogP contribution is 2.30. The molecule has 0 radical (unpaired) electrons. The maximum Gasteiger partial charge on any atom is 0.111 e. The normalized spacial score (nSPS) is 40.1. The lowest BCUT2D eigenvalue weighted by Gasteiger charge is -2.17. The average molecular weight is 155 g/mol. The molecule has 2 atom stereocenters. The first kappa shape index (κ1) is 7.56. The summed E-state index contributed by atoms with van der Waals surface area (Å²) in [6.45, 7) is 3.18. The Balaban J connectivity index is 1.85. The van der Waals surface area contributed by atoms with Crippen LogP contribution in [0.3, 0.4) is 0 Å². The summed E-state index contributed by atoms with van der Waals surface area (Å²) in [5.41, 5.74) is 0. The minimum absolute atomic E-state index is 0.382. The van der Waals surface area contributed by atoms with Gasteiger partial charge in [-0.25, -0.2) is 0 Å². The van der Waals surface area contributed by atoms with Crippen molar-refractivity contribution in [1.82, 2.24) is 5.32 Å². The quantitative estimate of drug-likeness (QED) is 0.619. The molecule has 0 spiro atoms. The van der Waals surface area contributed by atoms with E-state index in [1.165, 1.54) is 25.7 Å². The van der Waals surface area contributed by atoms with Crippen LogP contribution in [0.4, 0.5) is 0 Å². The van der Waals surface area contributed by atoms with E-state index in [1.807, 2.05) is 0 Å².